The van der Waals surface area contributed by atoms with E-state index in [1.54, 1.807) is 26.2 Å². The third-order valence-corrected chi connectivity index (χ3v) is 4.02. The number of hydrogen-bond acceptors (Lipinski definition) is 4. The second kappa shape index (κ2) is 5.88. The molecule has 1 aliphatic carbocycles. The van der Waals surface area contributed by atoms with Crippen molar-refractivity contribution < 1.29 is 9.66 Å². The molecule has 1 unspecified atom stereocenters. The van der Waals surface area contributed by atoms with Crippen LogP contribution in [-0.2, 0) is 4.74 Å². The van der Waals surface area contributed by atoms with Crippen molar-refractivity contribution in [2.24, 2.45) is 5.92 Å². The Hall–Kier alpha value is -1.14. The van der Waals surface area contributed by atoms with Gasteiger partial charge in [-0.3, -0.25) is 10.1 Å². The minimum Gasteiger partial charge on any atom is -0.383 e. The third kappa shape index (κ3) is 3.45. The van der Waals surface area contributed by atoms with Crippen LogP contribution in [0.4, 0.5) is 11.4 Å². The number of nitrogens with one attached hydrogen (secondary N) is 1. The van der Waals surface area contributed by atoms with Gasteiger partial charge in [0, 0.05) is 23.2 Å². The summed E-state index contributed by atoms with van der Waals surface area (Å²) in [5, 5.41) is 14.3. The van der Waals surface area contributed by atoms with E-state index in [1.165, 1.54) is 12.8 Å². The Balaban J connectivity index is 2.23. The highest BCUT2D eigenvalue weighted by Gasteiger charge is 2.31. The zero-order valence-corrected chi connectivity index (χ0v) is 12.6. The van der Waals surface area contributed by atoms with Crippen LogP contribution in [0, 0.1) is 23.0 Å². The second-order valence-corrected chi connectivity index (χ2v) is 5.77. The van der Waals surface area contributed by atoms with Crippen LogP contribution in [-0.4, -0.2) is 24.7 Å². The molecule has 0 radical (unpaired) electrons. The molecule has 19 heavy (non-hydrogen) atoms. The van der Waals surface area contributed by atoms with Crippen molar-refractivity contribution in [3.05, 3.63) is 32.3 Å². The van der Waals surface area contributed by atoms with E-state index in [-0.39, 0.29) is 16.7 Å². The molecule has 0 spiro atoms. The van der Waals surface area contributed by atoms with Crippen molar-refractivity contribution in [3.63, 3.8) is 0 Å². The van der Waals surface area contributed by atoms with Crippen molar-refractivity contribution in [1.29, 1.82) is 0 Å². The predicted molar refractivity (Wildman–Crippen MR) is 77.5 cm³/mol. The normalized spacial score (nSPS) is 16.2. The van der Waals surface area contributed by atoms with Gasteiger partial charge in [0.05, 0.1) is 23.3 Å². The molecular formula is C13H17BrN2O3. The summed E-state index contributed by atoms with van der Waals surface area (Å²) in [7, 11) is 1.67. The van der Waals surface area contributed by atoms with Crippen LogP contribution in [0.25, 0.3) is 0 Å². The minimum atomic E-state index is -0.352. The molecule has 0 aromatic heterocycles. The average molecular weight is 329 g/mol. The monoisotopic (exact) mass is 328 g/mol. The molecule has 104 valence electrons. The first-order valence-corrected chi connectivity index (χ1v) is 7.02. The van der Waals surface area contributed by atoms with Gasteiger partial charge in [0.25, 0.3) is 5.69 Å². The first kappa shape index (κ1) is 14.3. The zero-order chi connectivity index (χ0) is 14.0. The van der Waals surface area contributed by atoms with Crippen molar-refractivity contribution in [2.45, 2.75) is 25.8 Å². The summed E-state index contributed by atoms with van der Waals surface area (Å²) in [6, 6.07) is 3.57. The number of anilines is 1. The summed E-state index contributed by atoms with van der Waals surface area (Å²) in [5.41, 5.74) is 1.54. The fourth-order valence-electron chi connectivity index (χ4n) is 2.14. The van der Waals surface area contributed by atoms with Crippen LogP contribution < -0.4 is 5.32 Å². The number of hydrogen-bond donors (Lipinski definition) is 1. The van der Waals surface area contributed by atoms with Crippen LogP contribution in [0.2, 0.25) is 0 Å². The van der Waals surface area contributed by atoms with Gasteiger partial charge in [0.15, 0.2) is 0 Å². The number of nitrogens with zero attached hydrogens (tertiary/aromatic N) is 1. The molecule has 1 saturated carbocycles. The van der Waals surface area contributed by atoms with Gasteiger partial charge in [-0.2, -0.15) is 0 Å². The Morgan fingerprint density at radius 2 is 2.26 bits per heavy atom. The first-order chi connectivity index (χ1) is 9.02. The van der Waals surface area contributed by atoms with Gasteiger partial charge in [-0.25, -0.2) is 0 Å². The molecule has 2 rings (SSSR count). The van der Waals surface area contributed by atoms with E-state index >= 15 is 0 Å². The Morgan fingerprint density at radius 1 is 1.58 bits per heavy atom. The second-order valence-electron chi connectivity index (χ2n) is 4.92. The molecule has 1 aliphatic rings. The fraction of sp³-hybridized carbons (Fsp3) is 0.538. The number of nitro groups is 1. The van der Waals surface area contributed by atoms with Crippen LogP contribution in [0.3, 0.4) is 0 Å². The lowest BCUT2D eigenvalue weighted by atomic mass is 10.1. The first-order valence-electron chi connectivity index (χ1n) is 6.23. The third-order valence-electron chi connectivity index (χ3n) is 3.36. The summed E-state index contributed by atoms with van der Waals surface area (Å²) in [6.07, 6.45) is 2.37. The van der Waals surface area contributed by atoms with E-state index in [9.17, 15) is 10.1 Å². The van der Waals surface area contributed by atoms with Gasteiger partial charge in [0.2, 0.25) is 0 Å². The van der Waals surface area contributed by atoms with Gasteiger partial charge in [-0.05, 0) is 47.7 Å². The molecule has 0 aliphatic heterocycles. The molecule has 0 amide bonds. The highest BCUT2D eigenvalue weighted by Crippen LogP contribution is 2.37. The van der Waals surface area contributed by atoms with Gasteiger partial charge in [0.1, 0.15) is 0 Å². The molecule has 1 N–H and O–H groups in total. The van der Waals surface area contributed by atoms with Gasteiger partial charge in [-0.15, -0.1) is 0 Å². The lowest BCUT2D eigenvalue weighted by Gasteiger charge is -2.19. The molecule has 1 aromatic carbocycles. The summed E-state index contributed by atoms with van der Waals surface area (Å²) >= 11 is 3.45. The molecule has 0 heterocycles. The van der Waals surface area contributed by atoms with Crippen molar-refractivity contribution >= 4 is 27.3 Å². The topological polar surface area (TPSA) is 64.4 Å². The van der Waals surface area contributed by atoms with Crippen molar-refractivity contribution in [2.75, 3.05) is 19.0 Å². The molecule has 5 nitrogen and oxygen atoms in total. The summed E-state index contributed by atoms with van der Waals surface area (Å²) in [5.74, 6) is 0.604. The van der Waals surface area contributed by atoms with Gasteiger partial charge < -0.3 is 10.1 Å². The highest BCUT2D eigenvalue weighted by molar-refractivity contribution is 9.10. The maximum atomic E-state index is 11.0. The Kier molecular flexibility index (Phi) is 4.42. The quantitative estimate of drug-likeness (QED) is 0.641. The lowest BCUT2D eigenvalue weighted by molar-refractivity contribution is -0.385. The van der Waals surface area contributed by atoms with Crippen LogP contribution in [0.15, 0.2) is 16.6 Å². The molecule has 1 aromatic rings. The summed E-state index contributed by atoms with van der Waals surface area (Å²) in [6.45, 7) is 2.35. The SMILES string of the molecule is COCC(Nc1cc([N+](=O)[O-])c(C)cc1Br)C1CC1. The summed E-state index contributed by atoms with van der Waals surface area (Å²) < 4.78 is 6.05. The Morgan fingerprint density at radius 3 is 2.79 bits per heavy atom. The van der Waals surface area contributed by atoms with Crippen molar-refractivity contribution in [1.82, 2.24) is 0 Å². The fourth-order valence-corrected chi connectivity index (χ4v) is 2.71. The standard InChI is InChI=1S/C13H17BrN2O3/c1-8-5-10(14)11(6-13(8)16(17)18)15-12(7-19-2)9-3-4-9/h5-6,9,12,15H,3-4,7H2,1-2H3. The molecule has 1 atom stereocenters. The number of halogens is 1. The number of rotatable bonds is 6. The van der Waals surface area contributed by atoms with Crippen molar-refractivity contribution in [3.8, 4) is 0 Å². The number of benzene rings is 1. The number of aryl methyl sites for hydroxylation is 1. The van der Waals surface area contributed by atoms with E-state index in [2.05, 4.69) is 21.2 Å². The molecule has 0 bridgehead atoms. The Labute approximate surface area is 120 Å². The number of methoxy groups -OCH3 is 1. The van der Waals surface area contributed by atoms with Crippen LogP contribution >= 0.6 is 15.9 Å². The van der Waals surface area contributed by atoms with E-state index in [0.717, 1.165) is 10.2 Å². The largest absolute Gasteiger partial charge is 0.383 e. The molecule has 1 fully saturated rings. The zero-order valence-electron chi connectivity index (χ0n) is 11.0. The predicted octanol–water partition coefficient (Wildman–Crippen LogP) is 3.50. The molecule has 6 heteroatoms. The van der Waals surface area contributed by atoms with E-state index in [0.29, 0.717) is 18.1 Å². The number of ether oxygens (including phenoxy) is 1. The average Bonchev–Trinajstić information content (AvgIpc) is 3.15. The van der Waals surface area contributed by atoms with Crippen LogP contribution in [0.5, 0.6) is 0 Å². The maximum Gasteiger partial charge on any atom is 0.274 e. The van der Waals surface area contributed by atoms with E-state index < -0.39 is 0 Å². The van der Waals surface area contributed by atoms with E-state index in [4.69, 9.17) is 4.74 Å². The Bertz CT molecular complexity index is 489. The molecular weight excluding hydrogens is 312 g/mol. The maximum absolute atomic E-state index is 11.0. The van der Waals surface area contributed by atoms with Gasteiger partial charge >= 0.3 is 0 Å². The summed E-state index contributed by atoms with van der Waals surface area (Å²) in [4.78, 5) is 10.6. The smallest absolute Gasteiger partial charge is 0.274 e. The lowest BCUT2D eigenvalue weighted by Crippen LogP contribution is -2.27. The molecule has 0 saturated heterocycles. The van der Waals surface area contributed by atoms with Gasteiger partial charge in [-0.1, -0.05) is 0 Å². The van der Waals surface area contributed by atoms with E-state index in [1.807, 2.05) is 0 Å². The minimum absolute atomic E-state index is 0.137. The number of nitro benzene ring substituents is 1. The highest BCUT2D eigenvalue weighted by atomic mass is 79.9. The van der Waals surface area contributed by atoms with Crippen LogP contribution in [0.1, 0.15) is 18.4 Å².